The summed E-state index contributed by atoms with van der Waals surface area (Å²) in [7, 11) is 0. The fraction of sp³-hybridized carbons (Fsp3) is 0.600. The molecule has 2 amide bonds. The molecule has 29 heavy (non-hydrogen) atoms. The van der Waals surface area contributed by atoms with Gasteiger partial charge in [-0.3, -0.25) is 14.9 Å². The van der Waals surface area contributed by atoms with Crippen LogP contribution in [0.4, 0.5) is 4.39 Å². The van der Waals surface area contributed by atoms with Crippen LogP contribution < -0.4 is 26.0 Å². The standard InChI is InChI=1S/C20H26ClFN4O3/c1-11-14(6-23-12(2)24-11)18(28)26-20-8-19(9-20,10-20)25-17(27)7-29-13-3-4-15(21)16(22)5-13/h3-5,11-12,14,23-24H,6-10H2,1-2H3,(H,25,27)(H,26,28). The van der Waals surface area contributed by atoms with Crippen molar-refractivity contribution < 1.29 is 18.7 Å². The van der Waals surface area contributed by atoms with Crippen LogP contribution in [0.3, 0.4) is 0 Å². The summed E-state index contributed by atoms with van der Waals surface area (Å²) >= 11 is 5.63. The van der Waals surface area contributed by atoms with Crippen LogP contribution in [0, 0.1) is 11.7 Å². The molecule has 158 valence electrons. The molecule has 4 fully saturated rings. The van der Waals surface area contributed by atoms with Gasteiger partial charge >= 0.3 is 0 Å². The Morgan fingerprint density at radius 3 is 2.59 bits per heavy atom. The molecular formula is C20H26ClFN4O3. The van der Waals surface area contributed by atoms with E-state index in [9.17, 15) is 14.0 Å². The van der Waals surface area contributed by atoms with E-state index in [0.29, 0.717) is 6.54 Å². The van der Waals surface area contributed by atoms with Crippen molar-refractivity contribution in [1.29, 1.82) is 0 Å². The second-order valence-corrected chi connectivity index (χ2v) is 9.09. The lowest BCUT2D eigenvalue weighted by atomic mass is 9.44. The average molecular weight is 425 g/mol. The first-order chi connectivity index (χ1) is 13.7. The minimum Gasteiger partial charge on any atom is -0.484 e. The third-order valence-electron chi connectivity index (χ3n) is 6.18. The lowest BCUT2D eigenvalue weighted by Crippen LogP contribution is -2.84. The van der Waals surface area contributed by atoms with Crippen molar-refractivity contribution >= 4 is 23.4 Å². The van der Waals surface area contributed by atoms with E-state index < -0.39 is 5.82 Å². The van der Waals surface area contributed by atoms with Gasteiger partial charge in [0.2, 0.25) is 5.91 Å². The van der Waals surface area contributed by atoms with Gasteiger partial charge in [0.1, 0.15) is 11.6 Å². The third-order valence-corrected chi connectivity index (χ3v) is 6.49. The highest BCUT2D eigenvalue weighted by Crippen LogP contribution is 2.60. The van der Waals surface area contributed by atoms with Gasteiger partial charge in [-0.15, -0.1) is 0 Å². The predicted molar refractivity (Wildman–Crippen MR) is 106 cm³/mol. The molecule has 4 N–H and O–H groups in total. The van der Waals surface area contributed by atoms with Crippen LogP contribution in [0.1, 0.15) is 33.1 Å². The Labute approximate surface area is 174 Å². The Bertz CT molecular complexity index is 816. The zero-order valence-electron chi connectivity index (χ0n) is 16.5. The maximum Gasteiger partial charge on any atom is 0.258 e. The molecule has 2 bridgehead atoms. The van der Waals surface area contributed by atoms with Crippen molar-refractivity contribution in [3.8, 4) is 5.75 Å². The number of nitrogens with one attached hydrogen (secondary N) is 4. The summed E-state index contributed by atoms with van der Waals surface area (Å²) < 4.78 is 18.7. The smallest absolute Gasteiger partial charge is 0.258 e. The Kier molecular flexibility index (Phi) is 5.21. The minimum absolute atomic E-state index is 0.00621. The predicted octanol–water partition coefficient (Wildman–Crippen LogP) is 1.31. The van der Waals surface area contributed by atoms with Crippen LogP contribution in [0.25, 0.3) is 0 Å². The number of halogens is 2. The van der Waals surface area contributed by atoms with E-state index in [1.807, 2.05) is 13.8 Å². The molecule has 9 heteroatoms. The normalized spacial score (nSPS) is 35.1. The van der Waals surface area contributed by atoms with Crippen molar-refractivity contribution in [1.82, 2.24) is 21.3 Å². The van der Waals surface area contributed by atoms with E-state index >= 15 is 0 Å². The fourth-order valence-electron chi connectivity index (χ4n) is 4.82. The van der Waals surface area contributed by atoms with Crippen molar-refractivity contribution in [3.05, 3.63) is 29.0 Å². The zero-order chi connectivity index (χ0) is 20.8. The molecule has 3 saturated carbocycles. The van der Waals surface area contributed by atoms with Crippen LogP contribution in [-0.4, -0.2) is 48.3 Å². The van der Waals surface area contributed by atoms with E-state index in [2.05, 4.69) is 21.3 Å². The molecule has 0 aromatic heterocycles. The molecule has 3 atom stereocenters. The van der Waals surface area contributed by atoms with E-state index in [-0.39, 0.29) is 58.4 Å². The molecule has 1 aromatic rings. The Balaban J connectivity index is 1.21. The van der Waals surface area contributed by atoms with Gasteiger partial charge in [-0.05, 0) is 45.2 Å². The lowest BCUT2D eigenvalue weighted by molar-refractivity contribution is -0.153. The van der Waals surface area contributed by atoms with Crippen LogP contribution in [-0.2, 0) is 9.59 Å². The van der Waals surface area contributed by atoms with E-state index in [1.165, 1.54) is 12.1 Å². The van der Waals surface area contributed by atoms with E-state index in [4.69, 9.17) is 16.3 Å². The van der Waals surface area contributed by atoms with Crippen LogP contribution in [0.5, 0.6) is 5.75 Å². The largest absolute Gasteiger partial charge is 0.484 e. The SMILES string of the molecule is CC1NCC(C(=O)NC23CC(NC(=O)COc4ccc(Cl)c(F)c4)(C2)C3)C(C)N1. The molecule has 3 unspecified atom stereocenters. The van der Waals surface area contributed by atoms with Crippen LogP contribution >= 0.6 is 11.6 Å². The van der Waals surface area contributed by atoms with Crippen LogP contribution in [0.2, 0.25) is 5.02 Å². The molecule has 1 aromatic carbocycles. The monoisotopic (exact) mass is 424 g/mol. The highest BCUT2D eigenvalue weighted by molar-refractivity contribution is 6.30. The lowest BCUT2D eigenvalue weighted by Gasteiger charge is -2.70. The molecule has 1 aliphatic heterocycles. The van der Waals surface area contributed by atoms with E-state index in [0.717, 1.165) is 25.3 Å². The van der Waals surface area contributed by atoms with Gasteiger partial charge < -0.3 is 20.7 Å². The van der Waals surface area contributed by atoms with Gasteiger partial charge in [0, 0.05) is 29.7 Å². The topological polar surface area (TPSA) is 91.5 Å². The van der Waals surface area contributed by atoms with Gasteiger partial charge in [0.15, 0.2) is 6.61 Å². The number of carbonyl (C=O) groups excluding carboxylic acids is 2. The molecule has 0 radical (unpaired) electrons. The fourth-order valence-corrected chi connectivity index (χ4v) is 4.94. The highest BCUT2D eigenvalue weighted by atomic mass is 35.5. The zero-order valence-corrected chi connectivity index (χ0v) is 17.2. The van der Waals surface area contributed by atoms with E-state index in [1.54, 1.807) is 0 Å². The van der Waals surface area contributed by atoms with Crippen molar-refractivity contribution in [2.45, 2.75) is 56.4 Å². The number of rotatable bonds is 6. The first-order valence-corrected chi connectivity index (χ1v) is 10.3. The first kappa shape index (κ1) is 20.4. The number of hydrogen-bond acceptors (Lipinski definition) is 5. The third kappa shape index (κ3) is 4.06. The first-order valence-electron chi connectivity index (χ1n) is 9.90. The number of ether oxygens (including phenoxy) is 1. The Morgan fingerprint density at radius 2 is 1.93 bits per heavy atom. The number of hydrogen-bond donors (Lipinski definition) is 4. The second kappa shape index (κ2) is 7.41. The summed E-state index contributed by atoms with van der Waals surface area (Å²) in [6.07, 6.45) is 2.39. The number of amides is 2. The second-order valence-electron chi connectivity index (χ2n) is 8.68. The molecule has 1 saturated heterocycles. The summed E-state index contributed by atoms with van der Waals surface area (Å²) in [5.41, 5.74) is -0.463. The summed E-state index contributed by atoms with van der Waals surface area (Å²) in [6.45, 7) is 4.52. The van der Waals surface area contributed by atoms with Crippen LogP contribution in [0.15, 0.2) is 18.2 Å². The summed E-state index contributed by atoms with van der Waals surface area (Å²) in [4.78, 5) is 24.8. The molecular weight excluding hydrogens is 399 g/mol. The van der Waals surface area contributed by atoms with Gasteiger partial charge in [-0.1, -0.05) is 11.6 Å². The summed E-state index contributed by atoms with van der Waals surface area (Å²) in [5, 5.41) is 12.8. The molecule has 5 rings (SSSR count). The Morgan fingerprint density at radius 1 is 1.24 bits per heavy atom. The van der Waals surface area contributed by atoms with Crippen molar-refractivity contribution in [2.75, 3.05) is 13.2 Å². The molecule has 7 nitrogen and oxygen atoms in total. The molecule has 4 aliphatic rings. The maximum atomic E-state index is 13.4. The Hall–Kier alpha value is -1.90. The number of carbonyl (C=O) groups is 2. The highest BCUT2D eigenvalue weighted by Gasteiger charge is 2.69. The van der Waals surface area contributed by atoms with Gasteiger partial charge in [0.25, 0.3) is 5.91 Å². The maximum absolute atomic E-state index is 13.4. The summed E-state index contributed by atoms with van der Waals surface area (Å²) in [6, 6.07) is 4.16. The van der Waals surface area contributed by atoms with Crippen molar-refractivity contribution in [2.24, 2.45) is 5.92 Å². The minimum atomic E-state index is -0.589. The number of benzene rings is 1. The van der Waals surface area contributed by atoms with Crippen molar-refractivity contribution in [3.63, 3.8) is 0 Å². The molecule has 1 heterocycles. The van der Waals surface area contributed by atoms with Gasteiger partial charge in [0.05, 0.1) is 17.1 Å². The average Bonchev–Trinajstić information content (AvgIpc) is 2.59. The summed E-state index contributed by atoms with van der Waals surface area (Å²) in [5.74, 6) is -0.658. The molecule has 3 aliphatic carbocycles. The van der Waals surface area contributed by atoms with Gasteiger partial charge in [-0.2, -0.15) is 0 Å². The van der Waals surface area contributed by atoms with Gasteiger partial charge in [-0.25, -0.2) is 4.39 Å². The molecule has 0 spiro atoms. The quantitative estimate of drug-likeness (QED) is 0.552.